The number of pyridine rings is 1. The molecule has 3 aromatic rings. The molecule has 2 nitrogen and oxygen atoms in total. The lowest BCUT2D eigenvalue weighted by molar-refractivity contribution is -0.672. The maximum atomic E-state index is 2.43. The van der Waals surface area contributed by atoms with Crippen molar-refractivity contribution in [3.8, 4) is 0 Å². The molecule has 23 heavy (non-hydrogen) atoms. The van der Waals surface area contributed by atoms with Crippen LogP contribution in [-0.4, -0.2) is 4.57 Å². The molecule has 0 atom stereocenters. The quantitative estimate of drug-likeness (QED) is 0.596. The van der Waals surface area contributed by atoms with Gasteiger partial charge in [0.15, 0.2) is 12.4 Å². The molecule has 0 N–H and O–H groups in total. The van der Waals surface area contributed by atoms with E-state index in [2.05, 4.69) is 79.0 Å². The van der Waals surface area contributed by atoms with E-state index in [9.17, 15) is 0 Å². The predicted molar refractivity (Wildman–Crippen MR) is 96.1 cm³/mol. The topological polar surface area (TPSA) is 8.81 Å². The normalized spacial score (nSPS) is 16.0. The molecule has 0 aliphatic heterocycles. The highest BCUT2D eigenvalue weighted by molar-refractivity contribution is 5.96. The van der Waals surface area contributed by atoms with Crippen LogP contribution in [0.3, 0.4) is 0 Å². The van der Waals surface area contributed by atoms with Crippen LogP contribution in [0, 0.1) is 6.92 Å². The van der Waals surface area contributed by atoms with E-state index >= 15 is 0 Å². The smallest absolute Gasteiger partial charge is 0.172 e. The Balaban J connectivity index is 1.92. The summed E-state index contributed by atoms with van der Waals surface area (Å²) in [5.41, 5.74) is 8.41. The maximum Gasteiger partial charge on any atom is 0.172 e. The first-order valence-electron chi connectivity index (χ1n) is 8.38. The highest BCUT2D eigenvalue weighted by Crippen LogP contribution is 2.34. The van der Waals surface area contributed by atoms with Gasteiger partial charge in [-0.05, 0) is 49.5 Å². The molecule has 1 aliphatic rings. The van der Waals surface area contributed by atoms with Gasteiger partial charge in [-0.15, -0.1) is 0 Å². The number of hydrogen-bond donors (Lipinski definition) is 0. The molecule has 0 unspecified atom stereocenters. The average molecular weight is 303 g/mol. The van der Waals surface area contributed by atoms with Crippen LogP contribution in [0.2, 0.25) is 0 Å². The summed E-state index contributed by atoms with van der Waals surface area (Å²) in [5.74, 6) is 0. The Morgan fingerprint density at radius 2 is 1.96 bits per heavy atom. The first-order chi connectivity index (χ1) is 11.1. The molecule has 2 heteroatoms. The Labute approximate surface area is 137 Å². The minimum atomic E-state index is 1.17. The molecule has 2 aromatic heterocycles. The number of rotatable bonds is 1. The minimum Gasteiger partial charge on any atom is -0.347 e. The Kier molecular flexibility index (Phi) is 3.33. The summed E-state index contributed by atoms with van der Waals surface area (Å²) < 4.78 is 4.46. The number of nitrogens with zero attached hydrogens (tertiary/aromatic N) is 2. The van der Waals surface area contributed by atoms with Gasteiger partial charge in [0.25, 0.3) is 0 Å². The van der Waals surface area contributed by atoms with E-state index in [1.165, 1.54) is 58.1 Å². The van der Waals surface area contributed by atoms with Gasteiger partial charge in [0.1, 0.15) is 7.05 Å². The highest BCUT2D eigenvalue weighted by Gasteiger charge is 2.18. The van der Waals surface area contributed by atoms with E-state index < -0.39 is 0 Å². The molecule has 0 radical (unpaired) electrons. The fourth-order valence-electron chi connectivity index (χ4n) is 3.83. The van der Waals surface area contributed by atoms with E-state index in [0.717, 1.165) is 0 Å². The maximum absolute atomic E-state index is 2.43. The van der Waals surface area contributed by atoms with Crippen molar-refractivity contribution in [1.82, 2.24) is 4.57 Å². The van der Waals surface area contributed by atoms with Gasteiger partial charge < -0.3 is 4.57 Å². The van der Waals surface area contributed by atoms with Crippen LogP contribution in [0.15, 0.2) is 42.7 Å². The monoisotopic (exact) mass is 303 g/mol. The Morgan fingerprint density at radius 3 is 2.83 bits per heavy atom. The molecule has 1 aromatic carbocycles. The number of aryl methyl sites for hydroxylation is 3. The van der Waals surface area contributed by atoms with E-state index in [4.69, 9.17) is 0 Å². The van der Waals surface area contributed by atoms with Crippen LogP contribution >= 0.6 is 0 Å². The molecule has 0 saturated heterocycles. The number of fused-ring (bicyclic) bond motifs is 2. The van der Waals surface area contributed by atoms with Gasteiger partial charge >= 0.3 is 0 Å². The third-order valence-corrected chi connectivity index (χ3v) is 5.19. The molecule has 116 valence electrons. The molecular weight excluding hydrogens is 280 g/mol. The summed E-state index contributed by atoms with van der Waals surface area (Å²) in [6, 6.07) is 11.0. The van der Waals surface area contributed by atoms with Gasteiger partial charge in [0.05, 0.1) is 0 Å². The van der Waals surface area contributed by atoms with Crippen LogP contribution in [-0.2, 0) is 20.5 Å². The third-order valence-electron chi connectivity index (χ3n) is 5.19. The molecule has 0 bridgehead atoms. The van der Waals surface area contributed by atoms with Crippen LogP contribution in [0.4, 0.5) is 0 Å². The van der Waals surface area contributed by atoms with Crippen molar-refractivity contribution in [2.24, 2.45) is 14.1 Å². The van der Waals surface area contributed by atoms with Crippen LogP contribution < -0.4 is 4.57 Å². The zero-order valence-corrected chi connectivity index (χ0v) is 14.1. The fraction of sp³-hybridized carbons (Fsp3) is 0.286. The van der Waals surface area contributed by atoms with Crippen molar-refractivity contribution in [1.29, 1.82) is 0 Å². The number of para-hydroxylation sites is 1. The number of allylic oxidation sites excluding steroid dienone is 1. The molecular formula is C21H23N2+. The Bertz CT molecular complexity index is 928. The standard InChI is InChI=1S/C21H23N2/c1-15-20(19-9-4-5-10-21(19)23(15)3)13-16-7-6-8-17-14-22(2)12-11-18(16)17/h4-5,9-14H,6-8H2,1-3H3/q+1. The highest BCUT2D eigenvalue weighted by atomic mass is 14.9. The lowest BCUT2D eigenvalue weighted by atomic mass is 9.87. The molecule has 2 heterocycles. The van der Waals surface area contributed by atoms with Crippen LogP contribution in [0.25, 0.3) is 22.6 Å². The fourth-order valence-corrected chi connectivity index (χ4v) is 3.83. The molecule has 0 saturated carbocycles. The van der Waals surface area contributed by atoms with Gasteiger partial charge in [-0.25, -0.2) is 4.57 Å². The zero-order chi connectivity index (χ0) is 16.0. The van der Waals surface area contributed by atoms with Crippen molar-refractivity contribution < 1.29 is 4.57 Å². The molecule has 0 amide bonds. The summed E-state index contributed by atoms with van der Waals surface area (Å²) in [6.07, 6.45) is 10.5. The molecule has 0 fully saturated rings. The summed E-state index contributed by atoms with van der Waals surface area (Å²) in [7, 11) is 4.27. The number of aromatic nitrogens is 2. The van der Waals surface area contributed by atoms with Crippen molar-refractivity contribution in [2.75, 3.05) is 0 Å². The van der Waals surface area contributed by atoms with E-state index in [1.807, 2.05) is 0 Å². The predicted octanol–water partition coefficient (Wildman–Crippen LogP) is 4.19. The largest absolute Gasteiger partial charge is 0.347 e. The molecule has 0 spiro atoms. The second kappa shape index (κ2) is 5.38. The van der Waals surface area contributed by atoms with E-state index in [1.54, 1.807) is 0 Å². The van der Waals surface area contributed by atoms with Crippen molar-refractivity contribution in [3.63, 3.8) is 0 Å². The third kappa shape index (κ3) is 2.29. The van der Waals surface area contributed by atoms with Gasteiger partial charge in [-0.2, -0.15) is 0 Å². The van der Waals surface area contributed by atoms with E-state index in [0.29, 0.717) is 0 Å². The zero-order valence-electron chi connectivity index (χ0n) is 14.1. The Hall–Kier alpha value is -2.35. The summed E-state index contributed by atoms with van der Waals surface area (Å²) >= 11 is 0. The number of benzene rings is 1. The molecule has 1 aliphatic carbocycles. The molecule has 4 rings (SSSR count). The SMILES string of the molecule is Cc1c(/C=C2\CCCc3c[n+](C)ccc32)c2ccccc2n1C. The first-order valence-corrected chi connectivity index (χ1v) is 8.38. The second-order valence-electron chi connectivity index (χ2n) is 6.65. The Morgan fingerprint density at radius 1 is 1.13 bits per heavy atom. The number of hydrogen-bond acceptors (Lipinski definition) is 0. The van der Waals surface area contributed by atoms with Crippen molar-refractivity contribution >= 4 is 22.6 Å². The van der Waals surface area contributed by atoms with Crippen molar-refractivity contribution in [3.05, 3.63) is 65.1 Å². The van der Waals surface area contributed by atoms with Gasteiger partial charge in [-0.1, -0.05) is 18.2 Å². The first kappa shape index (κ1) is 14.3. The van der Waals surface area contributed by atoms with Crippen LogP contribution in [0.1, 0.15) is 35.2 Å². The second-order valence-corrected chi connectivity index (χ2v) is 6.65. The van der Waals surface area contributed by atoms with Gasteiger partial charge in [0, 0.05) is 40.8 Å². The lowest BCUT2D eigenvalue weighted by Crippen LogP contribution is -2.28. The lowest BCUT2D eigenvalue weighted by Gasteiger charge is -2.17. The van der Waals surface area contributed by atoms with Crippen molar-refractivity contribution in [2.45, 2.75) is 26.2 Å². The minimum absolute atomic E-state index is 1.17. The summed E-state index contributed by atoms with van der Waals surface area (Å²) in [4.78, 5) is 0. The summed E-state index contributed by atoms with van der Waals surface area (Å²) in [6.45, 7) is 2.22. The van der Waals surface area contributed by atoms with Gasteiger partial charge in [-0.3, -0.25) is 0 Å². The van der Waals surface area contributed by atoms with Crippen LogP contribution in [0.5, 0.6) is 0 Å². The van der Waals surface area contributed by atoms with E-state index in [-0.39, 0.29) is 0 Å². The summed E-state index contributed by atoms with van der Waals surface area (Å²) in [5, 5.41) is 1.36. The average Bonchev–Trinajstić information content (AvgIpc) is 2.80. The van der Waals surface area contributed by atoms with Gasteiger partial charge in [0.2, 0.25) is 0 Å².